The normalized spacial score (nSPS) is 20.1. The number of hydrogen-bond acceptors (Lipinski definition) is 5. The third kappa shape index (κ3) is 3.79. The summed E-state index contributed by atoms with van der Waals surface area (Å²) in [6.45, 7) is 1.85. The van der Waals surface area contributed by atoms with Crippen LogP contribution in [0.25, 0.3) is 0 Å². The van der Waals surface area contributed by atoms with Crippen LogP contribution in [0.15, 0.2) is 30.3 Å². The van der Waals surface area contributed by atoms with Gasteiger partial charge in [0.15, 0.2) is 11.9 Å². The van der Waals surface area contributed by atoms with Gasteiger partial charge in [-0.3, -0.25) is 9.69 Å². The maximum Gasteiger partial charge on any atom is 0.508 e. The van der Waals surface area contributed by atoms with Gasteiger partial charge < -0.3 is 9.47 Å². The van der Waals surface area contributed by atoms with Crippen molar-refractivity contribution >= 4 is 11.9 Å². The molecule has 0 aliphatic carbocycles. The van der Waals surface area contributed by atoms with Gasteiger partial charge in [0.2, 0.25) is 0 Å². The summed E-state index contributed by atoms with van der Waals surface area (Å²) in [4.78, 5) is 24.9. The number of piperidine rings is 1. The molecular formula is C14H17NO4. The molecule has 5 nitrogen and oxygen atoms in total. The van der Waals surface area contributed by atoms with E-state index in [4.69, 9.17) is 4.74 Å². The van der Waals surface area contributed by atoms with Gasteiger partial charge in [0.1, 0.15) is 0 Å². The summed E-state index contributed by atoms with van der Waals surface area (Å²) in [5.74, 6) is -0.0466. The van der Waals surface area contributed by atoms with Crippen LogP contribution in [0.5, 0.6) is 0 Å². The Labute approximate surface area is 112 Å². The number of nitrogens with zero attached hydrogens (tertiary/aromatic N) is 1. The van der Waals surface area contributed by atoms with E-state index in [1.807, 2.05) is 30.3 Å². The van der Waals surface area contributed by atoms with Crippen LogP contribution in [0.1, 0.15) is 12.0 Å². The lowest BCUT2D eigenvalue weighted by Crippen LogP contribution is -2.46. The number of benzene rings is 1. The van der Waals surface area contributed by atoms with E-state index in [2.05, 4.69) is 9.64 Å². The van der Waals surface area contributed by atoms with E-state index in [1.165, 1.54) is 12.7 Å². The van der Waals surface area contributed by atoms with Crippen LogP contribution in [0.4, 0.5) is 4.79 Å². The molecule has 0 aromatic heterocycles. The second-order valence-electron chi connectivity index (χ2n) is 4.50. The molecule has 102 valence electrons. The smallest absolute Gasteiger partial charge is 0.438 e. The highest BCUT2D eigenvalue weighted by Crippen LogP contribution is 2.14. The van der Waals surface area contributed by atoms with Crippen molar-refractivity contribution in [2.75, 3.05) is 20.2 Å². The lowest BCUT2D eigenvalue weighted by atomic mass is 10.1. The molecule has 1 fully saturated rings. The third-order valence-corrected chi connectivity index (χ3v) is 3.11. The zero-order valence-electron chi connectivity index (χ0n) is 10.9. The molecule has 1 aromatic rings. The molecule has 2 rings (SSSR count). The van der Waals surface area contributed by atoms with Crippen LogP contribution in [0.2, 0.25) is 0 Å². The number of methoxy groups -OCH3 is 1. The monoisotopic (exact) mass is 263 g/mol. The van der Waals surface area contributed by atoms with Crippen LogP contribution in [0.3, 0.4) is 0 Å². The van der Waals surface area contributed by atoms with Gasteiger partial charge >= 0.3 is 6.16 Å². The van der Waals surface area contributed by atoms with Gasteiger partial charge in [0.25, 0.3) is 0 Å². The Morgan fingerprint density at radius 3 is 2.79 bits per heavy atom. The summed E-state index contributed by atoms with van der Waals surface area (Å²) < 4.78 is 9.39. The van der Waals surface area contributed by atoms with Gasteiger partial charge in [-0.05, 0) is 5.56 Å². The Morgan fingerprint density at radius 2 is 2.11 bits per heavy atom. The molecule has 19 heavy (non-hydrogen) atoms. The number of ether oxygens (including phenoxy) is 2. The summed E-state index contributed by atoms with van der Waals surface area (Å²) in [6.07, 6.45) is -1.13. The summed E-state index contributed by atoms with van der Waals surface area (Å²) in [5.41, 5.74) is 1.17. The fourth-order valence-corrected chi connectivity index (χ4v) is 2.11. The summed E-state index contributed by atoms with van der Waals surface area (Å²) in [6, 6.07) is 9.99. The maximum atomic E-state index is 11.7. The summed E-state index contributed by atoms with van der Waals surface area (Å²) in [7, 11) is 1.23. The fraction of sp³-hybridized carbons (Fsp3) is 0.429. The first-order valence-corrected chi connectivity index (χ1v) is 6.22. The van der Waals surface area contributed by atoms with Crippen molar-refractivity contribution in [2.24, 2.45) is 0 Å². The first-order valence-electron chi connectivity index (χ1n) is 6.22. The number of Topliss-reactive ketones (excluding diaryl/α,β-unsaturated/α-hetero) is 1. The van der Waals surface area contributed by atoms with Crippen LogP contribution < -0.4 is 0 Å². The average Bonchev–Trinajstić information content (AvgIpc) is 2.43. The van der Waals surface area contributed by atoms with E-state index in [0.29, 0.717) is 19.5 Å². The summed E-state index contributed by atoms with van der Waals surface area (Å²) in [5, 5.41) is 0. The Morgan fingerprint density at radius 1 is 1.37 bits per heavy atom. The van der Waals surface area contributed by atoms with Gasteiger partial charge in [-0.25, -0.2) is 4.79 Å². The molecule has 1 atom stereocenters. The Kier molecular flexibility index (Phi) is 4.52. The molecule has 1 aliphatic heterocycles. The van der Waals surface area contributed by atoms with E-state index >= 15 is 0 Å². The van der Waals surface area contributed by atoms with E-state index in [-0.39, 0.29) is 5.78 Å². The van der Waals surface area contributed by atoms with E-state index in [0.717, 1.165) is 6.54 Å². The van der Waals surface area contributed by atoms with Gasteiger partial charge in [0.05, 0.1) is 7.11 Å². The SMILES string of the molecule is COC(=O)OC1CN(Cc2ccccc2)CCC1=O. The standard InChI is InChI=1S/C14H17NO4/c1-18-14(17)19-13-10-15(8-7-12(13)16)9-11-5-3-2-4-6-11/h2-6,13H,7-10H2,1H3. The molecule has 0 saturated carbocycles. The van der Waals surface area contributed by atoms with Crippen molar-refractivity contribution in [1.82, 2.24) is 4.90 Å². The Hall–Kier alpha value is -1.88. The number of rotatable bonds is 3. The number of ketones is 1. The number of carbonyl (C=O) groups excluding carboxylic acids is 2. The van der Waals surface area contributed by atoms with Gasteiger partial charge in [-0.15, -0.1) is 0 Å². The largest absolute Gasteiger partial charge is 0.508 e. The molecule has 5 heteroatoms. The predicted molar refractivity (Wildman–Crippen MR) is 68.6 cm³/mol. The minimum absolute atomic E-state index is 0.0466. The zero-order valence-corrected chi connectivity index (χ0v) is 10.9. The van der Waals surface area contributed by atoms with Crippen molar-refractivity contribution in [3.63, 3.8) is 0 Å². The minimum atomic E-state index is -0.806. The maximum absolute atomic E-state index is 11.7. The molecule has 0 N–H and O–H groups in total. The van der Waals surface area contributed by atoms with Crippen molar-refractivity contribution in [3.05, 3.63) is 35.9 Å². The number of likely N-dealkylation sites (tertiary alicyclic amines) is 1. The lowest BCUT2D eigenvalue weighted by molar-refractivity contribution is -0.133. The van der Waals surface area contributed by atoms with Crippen LogP contribution in [-0.4, -0.2) is 43.1 Å². The highest BCUT2D eigenvalue weighted by atomic mass is 16.7. The highest BCUT2D eigenvalue weighted by Gasteiger charge is 2.30. The molecule has 0 spiro atoms. The van der Waals surface area contributed by atoms with Crippen molar-refractivity contribution in [2.45, 2.75) is 19.1 Å². The lowest BCUT2D eigenvalue weighted by Gasteiger charge is -2.30. The highest BCUT2D eigenvalue weighted by molar-refractivity contribution is 5.85. The first-order chi connectivity index (χ1) is 9.19. The fourth-order valence-electron chi connectivity index (χ4n) is 2.11. The van der Waals surface area contributed by atoms with E-state index in [1.54, 1.807) is 0 Å². The van der Waals surface area contributed by atoms with Crippen molar-refractivity contribution < 1.29 is 19.1 Å². The topological polar surface area (TPSA) is 55.8 Å². The van der Waals surface area contributed by atoms with Crippen LogP contribution >= 0.6 is 0 Å². The van der Waals surface area contributed by atoms with Crippen molar-refractivity contribution in [1.29, 1.82) is 0 Å². The second kappa shape index (κ2) is 6.33. The zero-order chi connectivity index (χ0) is 13.7. The first kappa shape index (κ1) is 13.5. The van der Waals surface area contributed by atoms with E-state index in [9.17, 15) is 9.59 Å². The van der Waals surface area contributed by atoms with E-state index < -0.39 is 12.3 Å². The molecule has 1 saturated heterocycles. The number of carbonyl (C=O) groups is 2. The number of hydrogen-bond donors (Lipinski definition) is 0. The molecule has 0 bridgehead atoms. The predicted octanol–water partition coefficient (Wildman–Crippen LogP) is 1.61. The summed E-state index contributed by atoms with van der Waals surface area (Å²) >= 11 is 0. The van der Waals surface area contributed by atoms with Gasteiger partial charge in [-0.1, -0.05) is 30.3 Å². The molecule has 1 heterocycles. The molecule has 0 amide bonds. The van der Waals surface area contributed by atoms with Crippen LogP contribution in [0, 0.1) is 0 Å². The van der Waals surface area contributed by atoms with Crippen molar-refractivity contribution in [3.8, 4) is 0 Å². The quantitative estimate of drug-likeness (QED) is 0.775. The second-order valence-corrected chi connectivity index (χ2v) is 4.50. The van der Waals surface area contributed by atoms with Gasteiger partial charge in [0, 0.05) is 26.1 Å². The Bertz CT molecular complexity index is 446. The molecule has 1 aromatic carbocycles. The molecular weight excluding hydrogens is 246 g/mol. The molecule has 1 unspecified atom stereocenters. The van der Waals surface area contributed by atoms with Gasteiger partial charge in [-0.2, -0.15) is 0 Å². The minimum Gasteiger partial charge on any atom is -0.438 e. The third-order valence-electron chi connectivity index (χ3n) is 3.11. The average molecular weight is 263 g/mol. The molecule has 1 aliphatic rings. The Balaban J connectivity index is 1.93. The van der Waals surface area contributed by atoms with Crippen LogP contribution in [-0.2, 0) is 20.8 Å². The molecule has 0 radical (unpaired) electrons.